The van der Waals surface area contributed by atoms with E-state index in [1.807, 2.05) is 0 Å². The molecule has 138 valence electrons. The molecule has 3 aromatic rings. The number of hydrogen-bond acceptors (Lipinski definition) is 3. The van der Waals surface area contributed by atoms with E-state index in [-0.39, 0.29) is 11.3 Å². The molecule has 3 aromatic carbocycles. The molecule has 0 aliphatic heterocycles. The number of nitro benzene ring substituents is 1. The fraction of sp³-hybridized carbons (Fsp3) is 0.150. The Morgan fingerprint density at radius 3 is 2.48 bits per heavy atom. The van der Waals surface area contributed by atoms with Gasteiger partial charge in [-0.2, -0.15) is 0 Å². The lowest BCUT2D eigenvalue weighted by Crippen LogP contribution is -2.33. The number of halogens is 2. The molecule has 0 bridgehead atoms. The summed E-state index contributed by atoms with van der Waals surface area (Å²) in [7, 11) is 0. The highest BCUT2D eigenvalue weighted by Crippen LogP contribution is 2.29. The first kappa shape index (κ1) is 18.4. The molecule has 0 aromatic heterocycles. The monoisotopic (exact) mass is 370 g/mol. The summed E-state index contributed by atoms with van der Waals surface area (Å²) in [5.41, 5.74) is 0.475. The molecule has 0 aliphatic rings. The van der Waals surface area contributed by atoms with Gasteiger partial charge in [-0.1, -0.05) is 48.5 Å². The zero-order chi connectivity index (χ0) is 19.6. The number of nitro groups is 1. The Kier molecular flexibility index (Phi) is 5.12. The highest BCUT2D eigenvalue weighted by atomic mass is 19.3. The number of fused-ring (bicyclic) bond motifs is 1. The van der Waals surface area contributed by atoms with Crippen molar-refractivity contribution >= 4 is 22.4 Å². The molecule has 1 unspecified atom stereocenters. The summed E-state index contributed by atoms with van der Waals surface area (Å²) in [5.74, 6) is -0.783. The lowest BCUT2D eigenvalue weighted by Gasteiger charge is -2.20. The van der Waals surface area contributed by atoms with Gasteiger partial charge in [0, 0.05) is 17.7 Å². The standard InChI is InChI=1S/C20H16F2N2O3/c1-12-9-10-14(24(26)27)11-17(12)20(25)23-18(19(21)22)16-8-4-6-13-5-2-3-7-15(13)16/h2-11,18-19H,1H3,(H,23,25). The third-order valence-electron chi connectivity index (χ3n) is 4.37. The number of non-ortho nitro benzene ring substituents is 1. The van der Waals surface area contributed by atoms with Crippen LogP contribution in [-0.2, 0) is 0 Å². The number of nitrogens with zero attached hydrogens (tertiary/aromatic N) is 1. The van der Waals surface area contributed by atoms with Crippen LogP contribution >= 0.6 is 0 Å². The van der Waals surface area contributed by atoms with E-state index < -0.39 is 23.3 Å². The lowest BCUT2D eigenvalue weighted by atomic mass is 9.98. The predicted octanol–water partition coefficient (Wildman–Crippen LogP) is 4.79. The van der Waals surface area contributed by atoms with Crippen molar-refractivity contribution in [2.75, 3.05) is 0 Å². The molecule has 3 rings (SSSR count). The molecule has 0 heterocycles. The highest BCUT2D eigenvalue weighted by Gasteiger charge is 2.27. The van der Waals surface area contributed by atoms with Gasteiger partial charge in [0.2, 0.25) is 0 Å². The molecule has 0 aliphatic carbocycles. The lowest BCUT2D eigenvalue weighted by molar-refractivity contribution is -0.384. The van der Waals surface area contributed by atoms with Gasteiger partial charge in [0.1, 0.15) is 6.04 Å². The number of aryl methyl sites for hydroxylation is 1. The van der Waals surface area contributed by atoms with Gasteiger partial charge in [-0.05, 0) is 28.8 Å². The predicted molar refractivity (Wildman–Crippen MR) is 98.0 cm³/mol. The molecule has 1 N–H and O–H groups in total. The number of carbonyl (C=O) groups is 1. The second-order valence-electron chi connectivity index (χ2n) is 6.11. The zero-order valence-corrected chi connectivity index (χ0v) is 14.4. The second kappa shape index (κ2) is 7.49. The van der Waals surface area contributed by atoms with Gasteiger partial charge < -0.3 is 5.32 Å². The van der Waals surface area contributed by atoms with Gasteiger partial charge in [0.15, 0.2) is 0 Å². The van der Waals surface area contributed by atoms with Crippen LogP contribution in [0, 0.1) is 17.0 Å². The van der Waals surface area contributed by atoms with Crippen LogP contribution in [0.5, 0.6) is 0 Å². The SMILES string of the molecule is Cc1ccc([N+](=O)[O-])cc1C(=O)NC(c1cccc2ccccc12)C(F)F. The number of alkyl halides is 2. The first-order valence-corrected chi connectivity index (χ1v) is 8.20. The molecule has 27 heavy (non-hydrogen) atoms. The number of hydrogen-bond donors (Lipinski definition) is 1. The summed E-state index contributed by atoms with van der Waals surface area (Å²) in [6, 6.07) is 14.3. The number of amides is 1. The summed E-state index contributed by atoms with van der Waals surface area (Å²) in [6.07, 6.45) is -2.85. The Bertz CT molecular complexity index is 1020. The molecule has 5 nitrogen and oxygen atoms in total. The van der Waals surface area contributed by atoms with E-state index in [0.29, 0.717) is 16.5 Å². The van der Waals surface area contributed by atoms with Crippen LogP contribution in [0.1, 0.15) is 27.5 Å². The molecule has 1 atom stereocenters. The molecular weight excluding hydrogens is 354 g/mol. The van der Waals surface area contributed by atoms with Crippen LogP contribution in [0.4, 0.5) is 14.5 Å². The van der Waals surface area contributed by atoms with E-state index in [0.717, 1.165) is 11.5 Å². The Morgan fingerprint density at radius 2 is 1.78 bits per heavy atom. The number of rotatable bonds is 5. The molecule has 0 saturated carbocycles. The van der Waals surface area contributed by atoms with Crippen molar-refractivity contribution < 1.29 is 18.5 Å². The van der Waals surface area contributed by atoms with Crippen molar-refractivity contribution in [1.82, 2.24) is 5.32 Å². The van der Waals surface area contributed by atoms with Crippen LogP contribution in [0.2, 0.25) is 0 Å². The second-order valence-corrected chi connectivity index (χ2v) is 6.11. The van der Waals surface area contributed by atoms with Gasteiger partial charge >= 0.3 is 0 Å². The number of benzene rings is 3. The fourth-order valence-electron chi connectivity index (χ4n) is 2.99. The smallest absolute Gasteiger partial charge is 0.270 e. The van der Waals surface area contributed by atoms with Crippen LogP contribution in [-0.4, -0.2) is 17.3 Å². The summed E-state index contributed by atoms with van der Waals surface area (Å²) in [4.78, 5) is 22.9. The van der Waals surface area contributed by atoms with E-state index in [1.54, 1.807) is 49.4 Å². The summed E-state index contributed by atoms with van der Waals surface area (Å²) < 4.78 is 27.5. The average molecular weight is 370 g/mol. The topological polar surface area (TPSA) is 72.2 Å². The van der Waals surface area contributed by atoms with E-state index in [2.05, 4.69) is 5.32 Å². The quantitative estimate of drug-likeness (QED) is 0.518. The summed E-state index contributed by atoms with van der Waals surface area (Å²) in [6.45, 7) is 1.59. The maximum Gasteiger partial charge on any atom is 0.270 e. The third kappa shape index (κ3) is 3.76. The summed E-state index contributed by atoms with van der Waals surface area (Å²) in [5, 5.41) is 14.7. The Hall–Kier alpha value is -3.35. The largest absolute Gasteiger partial charge is 0.339 e. The van der Waals surface area contributed by atoms with Crippen LogP contribution in [0.15, 0.2) is 60.7 Å². The first-order chi connectivity index (χ1) is 12.9. The fourth-order valence-corrected chi connectivity index (χ4v) is 2.99. The molecule has 7 heteroatoms. The molecule has 0 fully saturated rings. The molecule has 0 saturated heterocycles. The minimum Gasteiger partial charge on any atom is -0.339 e. The Morgan fingerprint density at radius 1 is 1.07 bits per heavy atom. The van der Waals surface area contributed by atoms with Crippen molar-refractivity contribution in [1.29, 1.82) is 0 Å². The van der Waals surface area contributed by atoms with E-state index in [1.165, 1.54) is 12.1 Å². The molecular formula is C20H16F2N2O3. The minimum absolute atomic E-state index is 0.00455. The van der Waals surface area contributed by atoms with Gasteiger partial charge in [-0.3, -0.25) is 14.9 Å². The van der Waals surface area contributed by atoms with Gasteiger partial charge in [-0.25, -0.2) is 8.78 Å². The molecule has 0 radical (unpaired) electrons. The number of carbonyl (C=O) groups excluding carboxylic acids is 1. The van der Waals surface area contributed by atoms with E-state index >= 15 is 0 Å². The Labute approximate surface area is 153 Å². The molecule has 0 spiro atoms. The van der Waals surface area contributed by atoms with Gasteiger partial charge in [0.25, 0.3) is 18.0 Å². The normalized spacial score (nSPS) is 12.1. The third-order valence-corrected chi connectivity index (χ3v) is 4.37. The Balaban J connectivity index is 1.99. The summed E-state index contributed by atoms with van der Waals surface area (Å²) >= 11 is 0. The van der Waals surface area contributed by atoms with E-state index in [4.69, 9.17) is 0 Å². The zero-order valence-electron chi connectivity index (χ0n) is 14.4. The van der Waals surface area contributed by atoms with Gasteiger partial charge in [0.05, 0.1) is 4.92 Å². The molecule has 1 amide bonds. The average Bonchev–Trinajstić information content (AvgIpc) is 2.65. The van der Waals surface area contributed by atoms with Crippen LogP contribution < -0.4 is 5.32 Å². The van der Waals surface area contributed by atoms with Crippen LogP contribution in [0.25, 0.3) is 10.8 Å². The van der Waals surface area contributed by atoms with Crippen LogP contribution in [0.3, 0.4) is 0 Å². The highest BCUT2D eigenvalue weighted by molar-refractivity contribution is 5.97. The van der Waals surface area contributed by atoms with Gasteiger partial charge in [-0.15, -0.1) is 0 Å². The minimum atomic E-state index is -2.85. The number of nitrogens with one attached hydrogen (secondary N) is 1. The van der Waals surface area contributed by atoms with Crippen molar-refractivity contribution in [2.45, 2.75) is 19.4 Å². The van der Waals surface area contributed by atoms with Crippen molar-refractivity contribution in [3.63, 3.8) is 0 Å². The van der Waals surface area contributed by atoms with Crippen molar-refractivity contribution in [2.24, 2.45) is 0 Å². The van der Waals surface area contributed by atoms with Crippen molar-refractivity contribution in [3.8, 4) is 0 Å². The maximum absolute atomic E-state index is 13.8. The maximum atomic E-state index is 13.8. The van der Waals surface area contributed by atoms with Crippen molar-refractivity contribution in [3.05, 3.63) is 87.5 Å². The van der Waals surface area contributed by atoms with E-state index in [9.17, 15) is 23.7 Å². The first-order valence-electron chi connectivity index (χ1n) is 8.20.